The van der Waals surface area contributed by atoms with Gasteiger partial charge in [-0.1, -0.05) is 0 Å². The van der Waals surface area contributed by atoms with Crippen LogP contribution >= 0.6 is 0 Å². The van der Waals surface area contributed by atoms with E-state index in [0.717, 1.165) is 0 Å². The van der Waals surface area contributed by atoms with Gasteiger partial charge in [0.25, 0.3) is 0 Å². The highest BCUT2D eigenvalue weighted by molar-refractivity contribution is 4.43. The highest BCUT2D eigenvalue weighted by Crippen LogP contribution is 1.75. The van der Waals surface area contributed by atoms with Crippen LogP contribution in [0.25, 0.3) is 0 Å². The van der Waals surface area contributed by atoms with Gasteiger partial charge in [-0.3, -0.25) is 0 Å². The van der Waals surface area contributed by atoms with Gasteiger partial charge in [-0.05, 0) is 0 Å². The van der Waals surface area contributed by atoms with Crippen molar-refractivity contribution in [1.29, 1.82) is 0 Å². The lowest BCUT2D eigenvalue weighted by atomic mass is 10.4. The monoisotopic (exact) mass is 89.0 g/mol. The highest BCUT2D eigenvalue weighted by Gasteiger charge is 2.00. The third-order valence-corrected chi connectivity index (χ3v) is 0.372. The molecule has 0 saturated heterocycles. The molecular weight excluding hydrogens is 84.0 g/mol. The van der Waals surface area contributed by atoms with E-state index in [1.54, 1.807) is 0 Å². The van der Waals surface area contributed by atoms with Crippen molar-refractivity contribution in [2.24, 2.45) is 0 Å². The molecule has 0 fully saturated rings. The van der Waals surface area contributed by atoms with Crippen LogP contribution in [0.5, 0.6) is 0 Å². The predicted molar refractivity (Wildman–Crippen MR) is 15.6 cm³/mol. The predicted octanol–water partition coefficient (Wildman–Crippen LogP) is -0.354. The summed E-state index contributed by atoms with van der Waals surface area (Å²) >= 11 is 0. The van der Waals surface area contributed by atoms with Crippen molar-refractivity contribution in [2.75, 3.05) is 13.2 Å². The van der Waals surface area contributed by atoms with Crippen molar-refractivity contribution >= 4 is 0 Å². The second kappa shape index (κ2) is 3.08. The molecule has 0 bridgehead atoms. The van der Waals surface area contributed by atoms with Crippen LogP contribution in [0.2, 0.25) is 0 Å². The second-order valence-corrected chi connectivity index (χ2v) is 0.955. The molecule has 0 rings (SSSR count). The average molecular weight is 89.1 g/mol. The molecule has 0 aromatic heterocycles. The van der Waals surface area contributed by atoms with Crippen molar-refractivity contribution in [1.82, 2.24) is 0 Å². The van der Waals surface area contributed by atoms with Gasteiger partial charge in [0.1, 0.15) is 19.3 Å². The van der Waals surface area contributed by atoms with Gasteiger partial charge in [0.2, 0.25) is 0 Å². The molecule has 0 atom stereocenters. The minimum atomic E-state index is -1.43. The van der Waals surface area contributed by atoms with Crippen LogP contribution in [0.15, 0.2) is 0 Å². The molecule has 3 radical (unpaired) electrons. The topological polar surface area (TPSA) is 59.7 Å². The fourth-order valence-electron chi connectivity index (χ4n) is 0.0481. The van der Waals surface area contributed by atoms with Gasteiger partial charge in [-0.2, -0.15) is 0 Å². The average Bonchev–Trinajstić information content (AvgIpc) is 1.65. The SMILES string of the molecule is [O]CC([O])C[O]. The Morgan fingerprint density at radius 2 is 1.50 bits per heavy atom. The molecule has 0 spiro atoms. The van der Waals surface area contributed by atoms with E-state index in [0.29, 0.717) is 0 Å². The Kier molecular flexibility index (Phi) is 3.02. The minimum Gasteiger partial charge on any atom is -0.234 e. The first-order valence-electron chi connectivity index (χ1n) is 1.63. The molecule has 3 heteroatoms. The molecule has 0 aliphatic heterocycles. The molecule has 0 aliphatic rings. The summed E-state index contributed by atoms with van der Waals surface area (Å²) in [5.74, 6) is 0. The van der Waals surface area contributed by atoms with E-state index in [1.165, 1.54) is 0 Å². The summed E-state index contributed by atoms with van der Waals surface area (Å²) in [6.07, 6.45) is -1.43. The van der Waals surface area contributed by atoms with E-state index in [1.807, 2.05) is 0 Å². The number of hydrogen-bond donors (Lipinski definition) is 0. The summed E-state index contributed by atoms with van der Waals surface area (Å²) in [6.45, 7) is -1.58. The van der Waals surface area contributed by atoms with Gasteiger partial charge in [0.05, 0.1) is 0 Å². The summed E-state index contributed by atoms with van der Waals surface area (Å²) in [5.41, 5.74) is 0. The molecular formula is C3H5O3. The van der Waals surface area contributed by atoms with E-state index >= 15 is 0 Å². The molecule has 0 aliphatic carbocycles. The summed E-state index contributed by atoms with van der Waals surface area (Å²) in [5, 5.41) is 28.3. The van der Waals surface area contributed by atoms with Crippen molar-refractivity contribution in [3.05, 3.63) is 0 Å². The van der Waals surface area contributed by atoms with Crippen LogP contribution in [-0.4, -0.2) is 19.3 Å². The van der Waals surface area contributed by atoms with Crippen molar-refractivity contribution in [3.8, 4) is 0 Å². The molecule has 0 N–H and O–H groups in total. The molecule has 0 unspecified atom stereocenters. The third kappa shape index (κ3) is 2.14. The second-order valence-electron chi connectivity index (χ2n) is 0.955. The smallest absolute Gasteiger partial charge is 0.146 e. The maximum absolute atomic E-state index is 9.64. The largest absolute Gasteiger partial charge is 0.234 e. The fraction of sp³-hybridized carbons (Fsp3) is 1.00. The minimum absolute atomic E-state index is 0.788. The molecule has 6 heavy (non-hydrogen) atoms. The molecule has 0 amide bonds. The van der Waals surface area contributed by atoms with Crippen molar-refractivity contribution < 1.29 is 15.3 Å². The van der Waals surface area contributed by atoms with Crippen LogP contribution < -0.4 is 0 Å². The van der Waals surface area contributed by atoms with Crippen LogP contribution in [-0.2, 0) is 15.3 Å². The van der Waals surface area contributed by atoms with Crippen LogP contribution in [0.4, 0.5) is 0 Å². The Bertz CT molecular complexity index is 25.2. The van der Waals surface area contributed by atoms with Crippen molar-refractivity contribution in [3.63, 3.8) is 0 Å². The van der Waals surface area contributed by atoms with E-state index in [2.05, 4.69) is 0 Å². The lowest BCUT2D eigenvalue weighted by Crippen LogP contribution is -2.12. The van der Waals surface area contributed by atoms with Gasteiger partial charge in [0, 0.05) is 0 Å². The lowest BCUT2D eigenvalue weighted by Gasteiger charge is -1.89. The summed E-state index contributed by atoms with van der Waals surface area (Å²) < 4.78 is 0. The Morgan fingerprint density at radius 1 is 1.17 bits per heavy atom. The summed E-state index contributed by atoms with van der Waals surface area (Å²) in [7, 11) is 0. The summed E-state index contributed by atoms with van der Waals surface area (Å²) in [6, 6.07) is 0. The summed E-state index contributed by atoms with van der Waals surface area (Å²) in [4.78, 5) is 0. The molecule has 0 heterocycles. The Morgan fingerprint density at radius 3 is 1.50 bits per heavy atom. The van der Waals surface area contributed by atoms with Crippen LogP contribution in [0, 0.1) is 0 Å². The zero-order valence-electron chi connectivity index (χ0n) is 3.22. The molecule has 0 aromatic carbocycles. The molecule has 0 saturated carbocycles. The fourth-order valence-corrected chi connectivity index (χ4v) is 0.0481. The maximum atomic E-state index is 9.64. The number of hydrogen-bond acceptors (Lipinski definition) is 0. The Hall–Kier alpha value is -0.120. The molecule has 35 valence electrons. The standard InChI is InChI=1S/C3H5O3/c4-1-3(6)2-5/h3H,1-2H2. The first-order valence-corrected chi connectivity index (χ1v) is 1.63. The van der Waals surface area contributed by atoms with Gasteiger partial charge in [0.15, 0.2) is 0 Å². The zero-order valence-corrected chi connectivity index (χ0v) is 3.22. The first-order chi connectivity index (χ1) is 2.81. The Balaban J connectivity index is 2.75. The molecule has 3 nitrogen and oxygen atoms in total. The first kappa shape index (κ1) is 5.88. The maximum Gasteiger partial charge on any atom is 0.146 e. The van der Waals surface area contributed by atoms with Gasteiger partial charge in [-0.15, -0.1) is 0 Å². The van der Waals surface area contributed by atoms with Crippen LogP contribution in [0.1, 0.15) is 0 Å². The van der Waals surface area contributed by atoms with E-state index < -0.39 is 19.3 Å². The van der Waals surface area contributed by atoms with Gasteiger partial charge in [-0.25, -0.2) is 15.3 Å². The number of rotatable bonds is 2. The normalized spacial score (nSPS) is 10.0. The highest BCUT2D eigenvalue weighted by atomic mass is 16.3. The van der Waals surface area contributed by atoms with Crippen molar-refractivity contribution in [2.45, 2.75) is 6.10 Å². The zero-order chi connectivity index (χ0) is 4.99. The van der Waals surface area contributed by atoms with Gasteiger partial charge >= 0.3 is 0 Å². The molecule has 0 aromatic rings. The third-order valence-electron chi connectivity index (χ3n) is 0.372. The quantitative estimate of drug-likeness (QED) is 0.444. The van der Waals surface area contributed by atoms with E-state index in [4.69, 9.17) is 0 Å². The van der Waals surface area contributed by atoms with Crippen LogP contribution in [0.3, 0.4) is 0 Å². The Labute approximate surface area is 35.9 Å². The van der Waals surface area contributed by atoms with Gasteiger partial charge < -0.3 is 0 Å². The van der Waals surface area contributed by atoms with E-state index in [-0.39, 0.29) is 0 Å². The van der Waals surface area contributed by atoms with E-state index in [9.17, 15) is 15.3 Å². The lowest BCUT2D eigenvalue weighted by molar-refractivity contribution is -0.0426.